The minimum Gasteiger partial charge on any atom is -0.482 e. The van der Waals surface area contributed by atoms with Crippen LogP contribution in [-0.2, 0) is 4.79 Å². The van der Waals surface area contributed by atoms with Crippen molar-refractivity contribution in [2.45, 2.75) is 6.92 Å². The minimum atomic E-state index is -0.453. The molecule has 1 N–H and O–H groups in total. The molecule has 31 heavy (non-hydrogen) atoms. The number of amides is 1. The maximum atomic E-state index is 12.2. The van der Waals surface area contributed by atoms with Gasteiger partial charge in [-0.25, -0.2) is 10.2 Å². The van der Waals surface area contributed by atoms with Crippen LogP contribution >= 0.6 is 23.2 Å². The number of esters is 1. The highest BCUT2D eigenvalue weighted by Gasteiger charge is 2.10. The second-order valence-corrected chi connectivity index (χ2v) is 7.27. The van der Waals surface area contributed by atoms with E-state index >= 15 is 0 Å². The smallest absolute Gasteiger partial charge is 0.343 e. The number of aryl methyl sites for hydroxylation is 1. The first-order chi connectivity index (χ1) is 14.9. The van der Waals surface area contributed by atoms with Crippen molar-refractivity contribution in [2.24, 2.45) is 5.10 Å². The molecule has 0 aromatic heterocycles. The van der Waals surface area contributed by atoms with Crippen molar-refractivity contribution in [2.75, 3.05) is 6.61 Å². The molecule has 0 aliphatic carbocycles. The second-order valence-electron chi connectivity index (χ2n) is 6.43. The lowest BCUT2D eigenvalue weighted by atomic mass is 10.1. The van der Waals surface area contributed by atoms with Gasteiger partial charge in [-0.15, -0.1) is 0 Å². The number of ether oxygens (including phenoxy) is 2. The van der Waals surface area contributed by atoms with Gasteiger partial charge in [-0.05, 0) is 66.6 Å². The van der Waals surface area contributed by atoms with E-state index in [1.54, 1.807) is 48.5 Å². The normalized spacial score (nSPS) is 10.7. The van der Waals surface area contributed by atoms with E-state index in [0.717, 1.165) is 5.56 Å². The Morgan fingerprint density at radius 3 is 2.48 bits per heavy atom. The van der Waals surface area contributed by atoms with Crippen LogP contribution in [-0.4, -0.2) is 24.7 Å². The van der Waals surface area contributed by atoms with Gasteiger partial charge in [0.1, 0.15) is 11.5 Å². The van der Waals surface area contributed by atoms with Crippen LogP contribution in [0.4, 0.5) is 0 Å². The van der Waals surface area contributed by atoms with E-state index in [4.69, 9.17) is 32.7 Å². The first-order valence-electron chi connectivity index (χ1n) is 9.20. The van der Waals surface area contributed by atoms with Crippen molar-refractivity contribution >= 4 is 41.3 Å². The SMILES string of the molecule is Cc1ccccc1C(=O)Oc1ccc(C=NNC(=O)COc2ccc(Cl)cc2Cl)cc1. The third-order valence-corrected chi connectivity index (χ3v) is 4.64. The van der Waals surface area contributed by atoms with E-state index in [1.165, 1.54) is 12.3 Å². The van der Waals surface area contributed by atoms with Crippen LogP contribution in [0.5, 0.6) is 11.5 Å². The number of benzene rings is 3. The zero-order valence-electron chi connectivity index (χ0n) is 16.5. The second kappa shape index (κ2) is 10.6. The molecule has 6 nitrogen and oxygen atoms in total. The summed E-state index contributed by atoms with van der Waals surface area (Å²) in [5, 5.41) is 4.66. The van der Waals surface area contributed by atoms with Crippen LogP contribution in [0.1, 0.15) is 21.5 Å². The quantitative estimate of drug-likeness (QED) is 0.233. The summed E-state index contributed by atoms with van der Waals surface area (Å²) in [5.74, 6) is -0.123. The Bertz CT molecular complexity index is 1110. The number of carbonyl (C=O) groups excluding carboxylic acids is 2. The van der Waals surface area contributed by atoms with Gasteiger partial charge in [0, 0.05) is 5.02 Å². The van der Waals surface area contributed by atoms with Gasteiger partial charge in [-0.2, -0.15) is 5.10 Å². The molecule has 0 unspecified atom stereocenters. The van der Waals surface area contributed by atoms with Crippen LogP contribution in [0.25, 0.3) is 0 Å². The van der Waals surface area contributed by atoms with Gasteiger partial charge >= 0.3 is 5.97 Å². The first kappa shape index (κ1) is 22.3. The van der Waals surface area contributed by atoms with E-state index in [0.29, 0.717) is 32.7 Å². The molecular formula is C23H18Cl2N2O4. The highest BCUT2D eigenvalue weighted by Crippen LogP contribution is 2.27. The van der Waals surface area contributed by atoms with Gasteiger partial charge in [0.2, 0.25) is 0 Å². The van der Waals surface area contributed by atoms with Crippen molar-refractivity contribution in [1.29, 1.82) is 0 Å². The standard InChI is InChI=1S/C23H18Cl2N2O4/c1-15-4-2-3-5-19(15)23(29)31-18-9-6-16(7-10-18)13-26-27-22(28)14-30-21-11-8-17(24)12-20(21)25/h2-13H,14H2,1H3,(H,27,28). The fraction of sp³-hybridized carbons (Fsp3) is 0.0870. The third-order valence-electron chi connectivity index (χ3n) is 4.11. The number of hydrogen-bond donors (Lipinski definition) is 1. The lowest BCUT2D eigenvalue weighted by molar-refractivity contribution is -0.123. The summed E-state index contributed by atoms with van der Waals surface area (Å²) in [6.07, 6.45) is 1.46. The number of nitrogens with one attached hydrogen (secondary N) is 1. The third kappa shape index (κ3) is 6.57. The lowest BCUT2D eigenvalue weighted by Gasteiger charge is -2.07. The van der Waals surface area contributed by atoms with Crippen molar-refractivity contribution < 1.29 is 19.1 Å². The monoisotopic (exact) mass is 456 g/mol. The Morgan fingerprint density at radius 2 is 1.77 bits per heavy atom. The first-order valence-corrected chi connectivity index (χ1v) is 9.95. The molecule has 8 heteroatoms. The molecule has 3 rings (SSSR count). The summed E-state index contributed by atoms with van der Waals surface area (Å²) >= 11 is 11.8. The van der Waals surface area contributed by atoms with E-state index in [2.05, 4.69) is 10.5 Å². The highest BCUT2D eigenvalue weighted by atomic mass is 35.5. The number of nitrogens with zero attached hydrogens (tertiary/aromatic N) is 1. The molecule has 0 aliphatic rings. The molecule has 158 valence electrons. The summed E-state index contributed by atoms with van der Waals surface area (Å²) in [4.78, 5) is 24.1. The summed E-state index contributed by atoms with van der Waals surface area (Å²) in [5.41, 5.74) is 4.42. The number of hydrogen-bond acceptors (Lipinski definition) is 5. The molecule has 0 spiro atoms. The molecule has 1 amide bonds. The van der Waals surface area contributed by atoms with Crippen molar-refractivity contribution in [3.63, 3.8) is 0 Å². The molecule has 0 heterocycles. The summed E-state index contributed by atoms with van der Waals surface area (Å²) in [6.45, 7) is 1.59. The molecule has 0 fully saturated rings. The summed E-state index contributed by atoms with van der Waals surface area (Å²) in [7, 11) is 0. The maximum absolute atomic E-state index is 12.2. The van der Waals surface area contributed by atoms with Gasteiger partial charge in [0.05, 0.1) is 16.8 Å². The van der Waals surface area contributed by atoms with Crippen molar-refractivity contribution in [1.82, 2.24) is 5.43 Å². The fourth-order valence-corrected chi connectivity index (χ4v) is 3.00. The molecule has 3 aromatic rings. The maximum Gasteiger partial charge on any atom is 0.343 e. The van der Waals surface area contributed by atoms with Crippen LogP contribution in [0.2, 0.25) is 10.0 Å². The zero-order chi connectivity index (χ0) is 22.2. The van der Waals surface area contributed by atoms with E-state index < -0.39 is 11.9 Å². The van der Waals surface area contributed by atoms with Crippen molar-refractivity contribution in [3.05, 3.63) is 93.5 Å². The van der Waals surface area contributed by atoms with Crippen LogP contribution in [0, 0.1) is 6.92 Å². The van der Waals surface area contributed by atoms with E-state index in [-0.39, 0.29) is 6.61 Å². The number of rotatable bonds is 7. The predicted octanol–water partition coefficient (Wildman–Crippen LogP) is 5.05. The van der Waals surface area contributed by atoms with Crippen LogP contribution in [0.3, 0.4) is 0 Å². The Hall–Kier alpha value is -3.35. The molecule has 0 bridgehead atoms. The predicted molar refractivity (Wildman–Crippen MR) is 120 cm³/mol. The Labute approximate surface area is 189 Å². The lowest BCUT2D eigenvalue weighted by Crippen LogP contribution is -2.24. The molecule has 0 atom stereocenters. The molecule has 3 aromatic carbocycles. The number of carbonyl (C=O) groups is 2. The Balaban J connectivity index is 1.48. The topological polar surface area (TPSA) is 77.0 Å². The Morgan fingerprint density at radius 1 is 1.03 bits per heavy atom. The number of halogens is 2. The van der Waals surface area contributed by atoms with Gasteiger partial charge in [-0.1, -0.05) is 41.4 Å². The average Bonchev–Trinajstić information content (AvgIpc) is 2.74. The fourth-order valence-electron chi connectivity index (χ4n) is 2.53. The van der Waals surface area contributed by atoms with Crippen molar-refractivity contribution in [3.8, 4) is 11.5 Å². The largest absolute Gasteiger partial charge is 0.482 e. The van der Waals surface area contributed by atoms with Gasteiger partial charge in [0.15, 0.2) is 6.61 Å². The van der Waals surface area contributed by atoms with E-state index in [1.807, 2.05) is 19.1 Å². The molecule has 0 radical (unpaired) electrons. The molecular weight excluding hydrogens is 439 g/mol. The molecule has 0 saturated heterocycles. The minimum absolute atomic E-state index is 0.257. The zero-order valence-corrected chi connectivity index (χ0v) is 18.0. The summed E-state index contributed by atoms with van der Waals surface area (Å²) in [6, 6.07) is 18.6. The van der Waals surface area contributed by atoms with Crippen LogP contribution in [0.15, 0.2) is 71.8 Å². The van der Waals surface area contributed by atoms with Gasteiger partial charge in [0.25, 0.3) is 5.91 Å². The van der Waals surface area contributed by atoms with E-state index in [9.17, 15) is 9.59 Å². The summed E-state index contributed by atoms with van der Waals surface area (Å²) < 4.78 is 10.7. The highest BCUT2D eigenvalue weighted by molar-refractivity contribution is 6.35. The van der Waals surface area contributed by atoms with Gasteiger partial charge in [-0.3, -0.25) is 4.79 Å². The molecule has 0 aliphatic heterocycles. The number of hydrazone groups is 1. The Kier molecular flexibility index (Phi) is 7.65. The molecule has 0 saturated carbocycles. The average molecular weight is 457 g/mol. The van der Waals surface area contributed by atoms with Crippen LogP contribution < -0.4 is 14.9 Å². The van der Waals surface area contributed by atoms with Gasteiger partial charge < -0.3 is 9.47 Å².